The van der Waals surface area contributed by atoms with E-state index < -0.39 is 11.7 Å². The van der Waals surface area contributed by atoms with E-state index in [9.17, 15) is 13.2 Å². The molecule has 1 aromatic carbocycles. The largest absolute Gasteiger partial charge is 0.421 e. The third-order valence-electron chi connectivity index (χ3n) is 5.21. The van der Waals surface area contributed by atoms with Crippen LogP contribution in [-0.4, -0.2) is 44.7 Å². The van der Waals surface area contributed by atoms with E-state index in [1.54, 1.807) is 12.3 Å². The van der Waals surface area contributed by atoms with Crippen LogP contribution in [0, 0.1) is 0 Å². The van der Waals surface area contributed by atoms with E-state index in [1.807, 2.05) is 24.3 Å². The van der Waals surface area contributed by atoms with Crippen LogP contribution >= 0.6 is 0 Å². The van der Waals surface area contributed by atoms with Crippen molar-refractivity contribution >= 4 is 17.5 Å². The second-order valence-corrected chi connectivity index (χ2v) is 7.49. The number of alkyl halides is 3. The number of aromatic amines is 1. The minimum absolute atomic E-state index is 0.0855. The number of hydrogen-bond acceptors (Lipinski definition) is 6. The van der Waals surface area contributed by atoms with Gasteiger partial charge in [0, 0.05) is 24.6 Å². The normalized spacial score (nSPS) is 14.7. The third kappa shape index (κ3) is 5.72. The minimum atomic E-state index is -4.57. The van der Waals surface area contributed by atoms with Gasteiger partial charge in [-0.25, -0.2) is 4.98 Å². The molecule has 10 heteroatoms. The van der Waals surface area contributed by atoms with Crippen molar-refractivity contribution in [3.8, 4) is 0 Å². The van der Waals surface area contributed by atoms with Gasteiger partial charge in [-0.2, -0.15) is 23.3 Å². The highest BCUT2D eigenvalue weighted by atomic mass is 19.4. The summed E-state index contributed by atoms with van der Waals surface area (Å²) in [5.41, 5.74) is 1.58. The highest BCUT2D eigenvalue weighted by Gasteiger charge is 2.35. The summed E-state index contributed by atoms with van der Waals surface area (Å²) in [4.78, 5) is 10.4. The van der Waals surface area contributed by atoms with Crippen LogP contribution in [0.1, 0.15) is 29.7 Å². The molecule has 31 heavy (non-hydrogen) atoms. The molecule has 4 rings (SSSR count). The van der Waals surface area contributed by atoms with Crippen LogP contribution in [0.3, 0.4) is 0 Å². The zero-order valence-electron chi connectivity index (χ0n) is 16.9. The molecule has 0 spiro atoms. The molecular weight excluding hydrogens is 407 g/mol. The SMILES string of the molecule is FC(F)(F)c1cnc(Nc2ccc(CCN3CCCC3)cc2)nc1NCc1cc[nH]n1. The summed E-state index contributed by atoms with van der Waals surface area (Å²) in [7, 11) is 0. The molecule has 0 bridgehead atoms. The molecule has 2 aromatic heterocycles. The number of nitrogens with zero attached hydrogens (tertiary/aromatic N) is 4. The summed E-state index contributed by atoms with van der Waals surface area (Å²) >= 11 is 0. The highest BCUT2D eigenvalue weighted by Crippen LogP contribution is 2.34. The Balaban J connectivity index is 1.42. The first kappa shape index (κ1) is 21.1. The van der Waals surface area contributed by atoms with E-state index in [4.69, 9.17) is 0 Å². The number of anilines is 3. The van der Waals surface area contributed by atoms with Crippen LogP contribution in [0.5, 0.6) is 0 Å². The predicted octanol–water partition coefficient (Wildman–Crippen LogP) is 4.21. The maximum Gasteiger partial charge on any atom is 0.421 e. The lowest BCUT2D eigenvalue weighted by atomic mass is 10.1. The number of aromatic nitrogens is 4. The minimum Gasteiger partial charge on any atom is -0.364 e. The Morgan fingerprint density at radius 3 is 2.52 bits per heavy atom. The van der Waals surface area contributed by atoms with Gasteiger partial charge in [-0.15, -0.1) is 0 Å². The van der Waals surface area contributed by atoms with E-state index in [0.29, 0.717) is 11.4 Å². The molecule has 0 atom stereocenters. The van der Waals surface area contributed by atoms with Gasteiger partial charge in [-0.05, 0) is 56.1 Å². The lowest BCUT2D eigenvalue weighted by Crippen LogP contribution is -2.21. The van der Waals surface area contributed by atoms with Crippen LogP contribution in [0.4, 0.5) is 30.6 Å². The number of halogens is 3. The highest BCUT2D eigenvalue weighted by molar-refractivity contribution is 5.57. The fraction of sp³-hybridized carbons (Fsp3) is 0.381. The fourth-order valence-corrected chi connectivity index (χ4v) is 3.53. The van der Waals surface area contributed by atoms with Crippen molar-refractivity contribution < 1.29 is 13.2 Å². The summed E-state index contributed by atoms with van der Waals surface area (Å²) in [6.45, 7) is 3.48. The van der Waals surface area contributed by atoms with Crippen molar-refractivity contribution in [2.75, 3.05) is 30.3 Å². The average molecular weight is 431 g/mol. The summed E-state index contributed by atoms with van der Waals surface area (Å²) in [6, 6.07) is 9.47. The van der Waals surface area contributed by atoms with E-state index in [2.05, 4.69) is 35.7 Å². The first-order valence-corrected chi connectivity index (χ1v) is 10.2. The van der Waals surface area contributed by atoms with Gasteiger partial charge in [0.1, 0.15) is 11.4 Å². The van der Waals surface area contributed by atoms with Gasteiger partial charge in [0.2, 0.25) is 5.95 Å². The summed E-state index contributed by atoms with van der Waals surface area (Å²) in [5.74, 6) is -0.211. The van der Waals surface area contributed by atoms with Gasteiger partial charge in [0.25, 0.3) is 0 Å². The molecule has 0 saturated carbocycles. The molecule has 1 aliphatic heterocycles. The monoisotopic (exact) mass is 431 g/mol. The molecule has 1 saturated heterocycles. The van der Waals surface area contributed by atoms with Crippen molar-refractivity contribution in [2.24, 2.45) is 0 Å². The number of H-pyrrole nitrogens is 1. The van der Waals surface area contributed by atoms with E-state index in [-0.39, 0.29) is 18.3 Å². The van der Waals surface area contributed by atoms with Crippen molar-refractivity contribution in [1.29, 1.82) is 0 Å². The Morgan fingerprint density at radius 2 is 1.84 bits per heavy atom. The molecule has 0 unspecified atom stereocenters. The molecule has 3 N–H and O–H groups in total. The first-order valence-electron chi connectivity index (χ1n) is 10.2. The standard InChI is InChI=1S/C21H24F3N7/c22-21(23,24)18-14-26-20(29-19(18)25-13-17-7-9-27-30-17)28-16-5-3-15(4-6-16)8-12-31-10-1-2-11-31/h3-7,9,14H,1-2,8,10-13H2,(H,27,30)(H2,25,26,28,29). The van der Waals surface area contributed by atoms with E-state index >= 15 is 0 Å². The Bertz CT molecular complexity index is 966. The molecule has 0 amide bonds. The first-order chi connectivity index (χ1) is 15.0. The number of nitrogens with one attached hydrogen (secondary N) is 3. The molecule has 0 radical (unpaired) electrons. The van der Waals surface area contributed by atoms with Crippen molar-refractivity contribution in [2.45, 2.75) is 32.0 Å². The Kier molecular flexibility index (Phi) is 6.36. The Labute approximate surface area is 178 Å². The molecule has 3 heterocycles. The molecule has 7 nitrogen and oxygen atoms in total. The Morgan fingerprint density at radius 1 is 1.06 bits per heavy atom. The van der Waals surface area contributed by atoms with Crippen LogP contribution in [0.25, 0.3) is 0 Å². The zero-order valence-corrected chi connectivity index (χ0v) is 16.9. The molecule has 1 aliphatic rings. The Hall–Kier alpha value is -3.14. The van der Waals surface area contributed by atoms with Crippen molar-refractivity contribution in [1.82, 2.24) is 25.1 Å². The van der Waals surface area contributed by atoms with Crippen LogP contribution in [0.15, 0.2) is 42.7 Å². The maximum atomic E-state index is 13.3. The molecular formula is C21H24F3N7. The van der Waals surface area contributed by atoms with Gasteiger partial charge < -0.3 is 15.5 Å². The van der Waals surface area contributed by atoms with Crippen LogP contribution < -0.4 is 10.6 Å². The molecule has 3 aromatic rings. The number of benzene rings is 1. The molecule has 1 fully saturated rings. The van der Waals surface area contributed by atoms with Gasteiger partial charge in [-0.3, -0.25) is 5.10 Å². The quantitative estimate of drug-likeness (QED) is 0.496. The summed E-state index contributed by atoms with van der Waals surface area (Å²) in [5, 5.41) is 12.2. The zero-order chi connectivity index (χ0) is 21.7. The summed E-state index contributed by atoms with van der Waals surface area (Å²) in [6.07, 6.45) is 1.33. The lowest BCUT2D eigenvalue weighted by molar-refractivity contribution is -0.137. The third-order valence-corrected chi connectivity index (χ3v) is 5.21. The van der Waals surface area contributed by atoms with Crippen LogP contribution in [0.2, 0.25) is 0 Å². The maximum absolute atomic E-state index is 13.3. The average Bonchev–Trinajstić information content (AvgIpc) is 3.45. The summed E-state index contributed by atoms with van der Waals surface area (Å²) < 4.78 is 40.0. The van der Waals surface area contributed by atoms with E-state index in [0.717, 1.165) is 19.2 Å². The number of rotatable bonds is 8. The van der Waals surface area contributed by atoms with Gasteiger partial charge in [-0.1, -0.05) is 12.1 Å². The smallest absolute Gasteiger partial charge is 0.364 e. The van der Waals surface area contributed by atoms with Gasteiger partial charge in [0.05, 0.1) is 12.2 Å². The van der Waals surface area contributed by atoms with E-state index in [1.165, 1.54) is 31.5 Å². The topological polar surface area (TPSA) is 81.8 Å². The molecule has 0 aliphatic carbocycles. The van der Waals surface area contributed by atoms with Gasteiger partial charge in [0.15, 0.2) is 0 Å². The van der Waals surface area contributed by atoms with Crippen molar-refractivity contribution in [3.05, 3.63) is 59.5 Å². The second-order valence-electron chi connectivity index (χ2n) is 7.49. The van der Waals surface area contributed by atoms with Crippen LogP contribution in [-0.2, 0) is 19.1 Å². The van der Waals surface area contributed by atoms with Crippen molar-refractivity contribution in [3.63, 3.8) is 0 Å². The predicted molar refractivity (Wildman–Crippen MR) is 112 cm³/mol. The number of likely N-dealkylation sites (tertiary alicyclic amines) is 1. The van der Waals surface area contributed by atoms with Gasteiger partial charge >= 0.3 is 6.18 Å². The molecule has 164 valence electrons. The second kappa shape index (κ2) is 9.34. The number of hydrogen-bond donors (Lipinski definition) is 3. The fourth-order valence-electron chi connectivity index (χ4n) is 3.53. The lowest BCUT2D eigenvalue weighted by Gasteiger charge is -2.15.